The van der Waals surface area contributed by atoms with Gasteiger partial charge < -0.3 is 4.74 Å². The Morgan fingerprint density at radius 1 is 1.50 bits per heavy atom. The highest BCUT2D eigenvalue weighted by Crippen LogP contribution is 2.29. The van der Waals surface area contributed by atoms with E-state index in [9.17, 15) is 0 Å². The molecule has 2 nitrogen and oxygen atoms in total. The monoisotopic (exact) mass is 159 g/mol. The Morgan fingerprint density at radius 3 is 2.70 bits per heavy atom. The summed E-state index contributed by atoms with van der Waals surface area (Å²) in [5.74, 6) is 0. The van der Waals surface area contributed by atoms with Gasteiger partial charge in [-0.1, -0.05) is 11.9 Å². The van der Waals surface area contributed by atoms with E-state index >= 15 is 0 Å². The molecule has 0 amide bonds. The van der Waals surface area contributed by atoms with E-state index in [0.717, 1.165) is 13.2 Å². The summed E-state index contributed by atoms with van der Waals surface area (Å²) >= 11 is 1.86. The standard InChI is InChI=1S/C7H13NOS/c1-10-8-4-7-3-2-6(8)5-9-7/h6-7H,2-5H2,1H3. The molecule has 0 aromatic heterocycles. The van der Waals surface area contributed by atoms with Crippen LogP contribution in [0.4, 0.5) is 0 Å². The molecule has 2 unspecified atom stereocenters. The van der Waals surface area contributed by atoms with Crippen LogP contribution >= 0.6 is 11.9 Å². The third-order valence-corrected chi connectivity index (χ3v) is 3.29. The molecule has 3 aliphatic heterocycles. The molecule has 0 aromatic rings. The number of hydrogen-bond donors (Lipinski definition) is 0. The molecule has 0 saturated carbocycles. The van der Waals surface area contributed by atoms with Gasteiger partial charge in [-0.15, -0.1) is 0 Å². The molecule has 3 aliphatic rings. The molecule has 0 aromatic carbocycles. The highest BCUT2D eigenvalue weighted by atomic mass is 32.2. The Labute approximate surface area is 66.0 Å². The lowest BCUT2D eigenvalue weighted by Gasteiger charge is -2.43. The maximum absolute atomic E-state index is 5.55. The van der Waals surface area contributed by atoms with Crippen molar-refractivity contribution in [2.45, 2.75) is 25.0 Å². The molecule has 0 aliphatic carbocycles. The second kappa shape index (κ2) is 2.72. The third-order valence-electron chi connectivity index (χ3n) is 2.37. The van der Waals surface area contributed by atoms with Crippen molar-refractivity contribution in [2.24, 2.45) is 0 Å². The van der Waals surface area contributed by atoms with Gasteiger partial charge in [-0.3, -0.25) is 0 Å². The zero-order chi connectivity index (χ0) is 6.97. The van der Waals surface area contributed by atoms with Crippen LogP contribution in [-0.4, -0.2) is 35.9 Å². The number of piperidine rings is 1. The third kappa shape index (κ3) is 1.06. The second-order valence-electron chi connectivity index (χ2n) is 2.97. The van der Waals surface area contributed by atoms with Gasteiger partial charge in [-0.2, -0.15) is 0 Å². The molecule has 3 heterocycles. The Morgan fingerprint density at radius 2 is 2.40 bits per heavy atom. The van der Waals surface area contributed by atoms with Crippen molar-refractivity contribution in [3.8, 4) is 0 Å². The van der Waals surface area contributed by atoms with Gasteiger partial charge in [-0.25, -0.2) is 4.31 Å². The number of morpholine rings is 1. The van der Waals surface area contributed by atoms with E-state index in [-0.39, 0.29) is 0 Å². The molecule has 3 saturated heterocycles. The fraction of sp³-hybridized carbons (Fsp3) is 1.00. The summed E-state index contributed by atoms with van der Waals surface area (Å²) in [6.45, 7) is 2.11. The van der Waals surface area contributed by atoms with Crippen LogP contribution in [0, 0.1) is 0 Å². The number of fused-ring (bicyclic) bond motifs is 3. The van der Waals surface area contributed by atoms with Crippen LogP contribution in [0.1, 0.15) is 12.8 Å². The van der Waals surface area contributed by atoms with Crippen LogP contribution < -0.4 is 0 Å². The number of rotatable bonds is 1. The zero-order valence-electron chi connectivity index (χ0n) is 6.25. The molecule has 10 heavy (non-hydrogen) atoms. The normalized spacial score (nSPS) is 40.5. The van der Waals surface area contributed by atoms with Crippen molar-refractivity contribution in [2.75, 3.05) is 19.4 Å². The molecular formula is C7H13NOS. The predicted octanol–water partition coefficient (Wildman–Crippen LogP) is 1.13. The number of hydrogen-bond acceptors (Lipinski definition) is 3. The van der Waals surface area contributed by atoms with Gasteiger partial charge in [0.15, 0.2) is 0 Å². The first-order valence-corrected chi connectivity index (χ1v) is 5.00. The summed E-state index contributed by atoms with van der Waals surface area (Å²) in [5, 5.41) is 0. The minimum Gasteiger partial charge on any atom is -0.375 e. The van der Waals surface area contributed by atoms with Gasteiger partial charge in [0.05, 0.1) is 12.7 Å². The Kier molecular flexibility index (Phi) is 1.89. The van der Waals surface area contributed by atoms with E-state index < -0.39 is 0 Å². The quantitative estimate of drug-likeness (QED) is 0.532. The lowest BCUT2D eigenvalue weighted by atomic mass is 10.00. The summed E-state index contributed by atoms with van der Waals surface area (Å²) in [4.78, 5) is 0. The summed E-state index contributed by atoms with van der Waals surface area (Å²) in [6.07, 6.45) is 5.31. The van der Waals surface area contributed by atoms with Crippen LogP contribution in [-0.2, 0) is 4.74 Å². The molecule has 0 spiro atoms. The van der Waals surface area contributed by atoms with Gasteiger partial charge in [0.2, 0.25) is 0 Å². The second-order valence-corrected chi connectivity index (χ2v) is 3.80. The SMILES string of the molecule is CSN1CC2CCC1CO2. The first kappa shape index (κ1) is 6.95. The topological polar surface area (TPSA) is 12.5 Å². The van der Waals surface area contributed by atoms with Crippen molar-refractivity contribution in [1.82, 2.24) is 4.31 Å². The van der Waals surface area contributed by atoms with Crippen LogP contribution in [0.2, 0.25) is 0 Å². The summed E-state index contributed by atoms with van der Waals surface area (Å²) < 4.78 is 8.01. The lowest BCUT2D eigenvalue weighted by molar-refractivity contribution is -0.0720. The van der Waals surface area contributed by atoms with Crippen LogP contribution in [0.15, 0.2) is 0 Å². The number of nitrogens with zero attached hydrogens (tertiary/aromatic N) is 1. The molecular weight excluding hydrogens is 146 g/mol. The van der Waals surface area contributed by atoms with Crippen LogP contribution in [0.3, 0.4) is 0 Å². The van der Waals surface area contributed by atoms with Gasteiger partial charge in [0.1, 0.15) is 0 Å². The summed E-state index contributed by atoms with van der Waals surface area (Å²) in [6, 6.07) is 0.708. The molecule has 0 N–H and O–H groups in total. The minimum atomic E-state index is 0.539. The fourth-order valence-electron chi connectivity index (χ4n) is 1.74. The van der Waals surface area contributed by atoms with E-state index in [2.05, 4.69) is 10.6 Å². The van der Waals surface area contributed by atoms with Gasteiger partial charge in [0, 0.05) is 12.6 Å². The van der Waals surface area contributed by atoms with Crippen LogP contribution in [0.25, 0.3) is 0 Å². The highest BCUT2D eigenvalue weighted by Gasteiger charge is 2.33. The molecule has 2 atom stereocenters. The van der Waals surface area contributed by atoms with Crippen molar-refractivity contribution in [3.05, 3.63) is 0 Å². The van der Waals surface area contributed by atoms with Crippen molar-refractivity contribution < 1.29 is 4.74 Å². The Balaban J connectivity index is 2.01. The van der Waals surface area contributed by atoms with Crippen molar-refractivity contribution in [1.29, 1.82) is 0 Å². The maximum atomic E-state index is 5.55. The van der Waals surface area contributed by atoms with Crippen molar-refractivity contribution in [3.63, 3.8) is 0 Å². The fourth-order valence-corrected chi connectivity index (χ4v) is 2.52. The first-order chi connectivity index (χ1) is 4.90. The van der Waals surface area contributed by atoms with Gasteiger partial charge in [-0.05, 0) is 19.1 Å². The van der Waals surface area contributed by atoms with Gasteiger partial charge >= 0.3 is 0 Å². The Bertz CT molecular complexity index is 123. The average Bonchev–Trinajstić information content (AvgIpc) is 2.06. The highest BCUT2D eigenvalue weighted by molar-refractivity contribution is 7.96. The molecule has 3 fully saturated rings. The van der Waals surface area contributed by atoms with E-state index in [1.165, 1.54) is 12.8 Å². The minimum absolute atomic E-state index is 0.539. The largest absolute Gasteiger partial charge is 0.375 e. The lowest BCUT2D eigenvalue weighted by Crippen LogP contribution is -2.51. The summed E-state index contributed by atoms with van der Waals surface area (Å²) in [5.41, 5.74) is 0. The molecule has 58 valence electrons. The Hall–Kier alpha value is 0.270. The summed E-state index contributed by atoms with van der Waals surface area (Å²) in [7, 11) is 0. The van der Waals surface area contributed by atoms with E-state index in [4.69, 9.17) is 4.74 Å². The average molecular weight is 159 g/mol. The zero-order valence-corrected chi connectivity index (χ0v) is 7.06. The van der Waals surface area contributed by atoms with E-state index in [0.29, 0.717) is 12.1 Å². The molecule has 3 rings (SSSR count). The molecule has 2 bridgehead atoms. The number of ether oxygens (including phenoxy) is 1. The van der Waals surface area contributed by atoms with Crippen LogP contribution in [0.5, 0.6) is 0 Å². The van der Waals surface area contributed by atoms with E-state index in [1.807, 2.05) is 11.9 Å². The molecule has 0 radical (unpaired) electrons. The predicted molar refractivity (Wildman–Crippen MR) is 43.0 cm³/mol. The van der Waals surface area contributed by atoms with Crippen molar-refractivity contribution >= 4 is 11.9 Å². The smallest absolute Gasteiger partial charge is 0.0712 e. The first-order valence-electron chi connectivity index (χ1n) is 3.82. The van der Waals surface area contributed by atoms with E-state index in [1.54, 1.807) is 0 Å². The molecule has 3 heteroatoms. The van der Waals surface area contributed by atoms with Gasteiger partial charge in [0.25, 0.3) is 0 Å². The maximum Gasteiger partial charge on any atom is 0.0712 e.